The summed E-state index contributed by atoms with van der Waals surface area (Å²) in [6.45, 7) is 1.96. The summed E-state index contributed by atoms with van der Waals surface area (Å²) in [7, 11) is -3.23. The van der Waals surface area contributed by atoms with Gasteiger partial charge in [-0.3, -0.25) is 0 Å². The normalized spacial score (nSPS) is 11.7. The van der Waals surface area contributed by atoms with Crippen LogP contribution < -0.4 is 0 Å². The molecule has 0 aliphatic rings. The fourth-order valence-electron chi connectivity index (χ4n) is 2.10. The van der Waals surface area contributed by atoms with Crippen LogP contribution in [-0.4, -0.2) is 24.3 Å². The lowest BCUT2D eigenvalue weighted by Gasteiger charge is -2.03. The van der Waals surface area contributed by atoms with Crippen LogP contribution in [0.15, 0.2) is 56.5 Å². The molecule has 0 saturated carbocycles. The van der Waals surface area contributed by atoms with E-state index in [1.54, 1.807) is 36.4 Å². The largest absolute Gasteiger partial charge is 0.461 e. The molecular weight excluding hydrogens is 316 g/mol. The number of nitrogens with zero attached hydrogens (tertiary/aromatic N) is 2. The van der Waals surface area contributed by atoms with E-state index in [2.05, 4.69) is 10.1 Å². The van der Waals surface area contributed by atoms with Crippen LogP contribution in [0.3, 0.4) is 0 Å². The Bertz CT molecular complexity index is 865. The molecule has 7 heteroatoms. The van der Waals surface area contributed by atoms with Crippen molar-refractivity contribution < 1.29 is 17.4 Å². The molecular formula is C16H16N2O4S. The third-order valence-electron chi connectivity index (χ3n) is 3.39. The van der Waals surface area contributed by atoms with Crippen molar-refractivity contribution in [2.75, 3.05) is 5.75 Å². The Kier molecular flexibility index (Phi) is 4.29. The highest BCUT2D eigenvalue weighted by atomic mass is 32.2. The minimum Gasteiger partial charge on any atom is -0.461 e. The summed E-state index contributed by atoms with van der Waals surface area (Å²) >= 11 is 0. The number of sulfone groups is 1. The van der Waals surface area contributed by atoms with E-state index in [1.807, 2.05) is 6.92 Å². The Labute approximate surface area is 134 Å². The van der Waals surface area contributed by atoms with Gasteiger partial charge in [0.2, 0.25) is 5.82 Å². The average molecular weight is 332 g/mol. The van der Waals surface area contributed by atoms with Crippen molar-refractivity contribution in [1.82, 2.24) is 10.1 Å². The Morgan fingerprint density at radius 2 is 1.91 bits per heavy atom. The van der Waals surface area contributed by atoms with E-state index in [4.69, 9.17) is 8.94 Å². The van der Waals surface area contributed by atoms with Crippen LogP contribution in [0.25, 0.3) is 23.0 Å². The first-order chi connectivity index (χ1) is 11.1. The van der Waals surface area contributed by atoms with Gasteiger partial charge in [-0.05, 0) is 42.8 Å². The third-order valence-corrected chi connectivity index (χ3v) is 5.21. The summed E-state index contributed by atoms with van der Waals surface area (Å²) in [6.07, 6.45) is 3.02. The first-order valence-electron chi connectivity index (χ1n) is 7.31. The standard InChI is InChI=1S/C16H16N2O4S/c1-2-3-11-23(19,20)13-8-6-12(7-9-13)16-17-15(18-22-16)14-5-4-10-21-14/h4-10H,2-3,11H2,1H3. The lowest BCUT2D eigenvalue weighted by molar-refractivity contribution is 0.429. The molecule has 0 aliphatic carbocycles. The maximum atomic E-state index is 12.1. The van der Waals surface area contributed by atoms with E-state index >= 15 is 0 Å². The summed E-state index contributed by atoms with van der Waals surface area (Å²) in [5.41, 5.74) is 0.657. The van der Waals surface area contributed by atoms with Gasteiger partial charge in [0.25, 0.3) is 5.89 Å². The van der Waals surface area contributed by atoms with Gasteiger partial charge in [0.15, 0.2) is 15.6 Å². The molecule has 0 fully saturated rings. The van der Waals surface area contributed by atoms with Crippen LogP contribution >= 0.6 is 0 Å². The van der Waals surface area contributed by atoms with Gasteiger partial charge in [0.05, 0.1) is 16.9 Å². The number of furan rings is 1. The highest BCUT2D eigenvalue weighted by molar-refractivity contribution is 7.91. The van der Waals surface area contributed by atoms with Crippen LogP contribution in [0, 0.1) is 0 Å². The van der Waals surface area contributed by atoms with Crippen molar-refractivity contribution in [1.29, 1.82) is 0 Å². The fourth-order valence-corrected chi connectivity index (χ4v) is 3.56. The van der Waals surface area contributed by atoms with Gasteiger partial charge in [-0.1, -0.05) is 18.5 Å². The number of aromatic nitrogens is 2. The van der Waals surface area contributed by atoms with E-state index in [9.17, 15) is 8.42 Å². The minimum atomic E-state index is -3.23. The van der Waals surface area contributed by atoms with Crippen molar-refractivity contribution in [3.05, 3.63) is 42.7 Å². The zero-order valence-electron chi connectivity index (χ0n) is 12.6. The molecule has 0 unspecified atom stereocenters. The summed E-state index contributed by atoms with van der Waals surface area (Å²) in [6, 6.07) is 9.93. The quantitative estimate of drug-likeness (QED) is 0.686. The summed E-state index contributed by atoms with van der Waals surface area (Å²) in [5.74, 6) is 1.34. The van der Waals surface area contributed by atoms with Crippen molar-refractivity contribution in [2.24, 2.45) is 0 Å². The third kappa shape index (κ3) is 3.34. The van der Waals surface area contributed by atoms with E-state index in [1.165, 1.54) is 6.26 Å². The smallest absolute Gasteiger partial charge is 0.258 e. The molecule has 0 atom stereocenters. The topological polar surface area (TPSA) is 86.2 Å². The molecule has 120 valence electrons. The van der Waals surface area contributed by atoms with E-state index < -0.39 is 9.84 Å². The number of benzene rings is 1. The van der Waals surface area contributed by atoms with Gasteiger partial charge in [0, 0.05) is 5.56 Å². The Balaban J connectivity index is 1.83. The molecule has 23 heavy (non-hydrogen) atoms. The number of unbranched alkanes of at least 4 members (excludes halogenated alkanes) is 1. The van der Waals surface area contributed by atoms with Crippen molar-refractivity contribution in [3.63, 3.8) is 0 Å². The van der Waals surface area contributed by atoms with Crippen molar-refractivity contribution >= 4 is 9.84 Å². The van der Waals surface area contributed by atoms with E-state index in [0.29, 0.717) is 34.4 Å². The summed E-state index contributed by atoms with van der Waals surface area (Å²) in [4.78, 5) is 4.55. The monoisotopic (exact) mass is 332 g/mol. The second kappa shape index (κ2) is 6.37. The lowest BCUT2D eigenvalue weighted by atomic mass is 10.2. The van der Waals surface area contributed by atoms with E-state index in [0.717, 1.165) is 6.42 Å². The van der Waals surface area contributed by atoms with Gasteiger partial charge in [-0.15, -0.1) is 0 Å². The molecule has 0 radical (unpaired) electrons. The summed E-state index contributed by atoms with van der Waals surface area (Å²) in [5, 5.41) is 3.85. The first kappa shape index (κ1) is 15.5. The minimum absolute atomic E-state index is 0.159. The molecule has 0 spiro atoms. The van der Waals surface area contributed by atoms with Crippen LogP contribution in [0.1, 0.15) is 19.8 Å². The second-order valence-corrected chi connectivity index (χ2v) is 7.21. The molecule has 0 bridgehead atoms. The highest BCUT2D eigenvalue weighted by Gasteiger charge is 2.16. The van der Waals surface area contributed by atoms with Crippen LogP contribution in [0.5, 0.6) is 0 Å². The molecule has 0 saturated heterocycles. The molecule has 0 amide bonds. The van der Waals surface area contributed by atoms with Gasteiger partial charge < -0.3 is 8.94 Å². The number of hydrogen-bond acceptors (Lipinski definition) is 6. The average Bonchev–Trinajstić information content (AvgIpc) is 3.24. The molecule has 1 aromatic carbocycles. The van der Waals surface area contributed by atoms with Gasteiger partial charge in [-0.2, -0.15) is 4.98 Å². The van der Waals surface area contributed by atoms with Crippen LogP contribution in [0.2, 0.25) is 0 Å². The maximum Gasteiger partial charge on any atom is 0.258 e. The first-order valence-corrected chi connectivity index (χ1v) is 8.96. The van der Waals surface area contributed by atoms with Gasteiger partial charge >= 0.3 is 0 Å². The van der Waals surface area contributed by atoms with Crippen LogP contribution in [-0.2, 0) is 9.84 Å². The Hall–Kier alpha value is -2.41. The molecule has 2 heterocycles. The predicted octanol–water partition coefficient (Wildman–Crippen LogP) is 3.57. The Morgan fingerprint density at radius 3 is 2.57 bits per heavy atom. The lowest BCUT2D eigenvalue weighted by Crippen LogP contribution is -2.06. The molecule has 6 nitrogen and oxygen atoms in total. The SMILES string of the molecule is CCCCS(=O)(=O)c1ccc(-c2nc(-c3ccco3)no2)cc1. The molecule has 0 aliphatic heterocycles. The fraction of sp³-hybridized carbons (Fsp3) is 0.250. The maximum absolute atomic E-state index is 12.1. The Morgan fingerprint density at radius 1 is 1.13 bits per heavy atom. The molecule has 3 aromatic rings. The highest BCUT2D eigenvalue weighted by Crippen LogP contribution is 2.24. The van der Waals surface area contributed by atoms with Crippen LogP contribution in [0.4, 0.5) is 0 Å². The molecule has 2 aromatic heterocycles. The van der Waals surface area contributed by atoms with Gasteiger partial charge in [-0.25, -0.2) is 8.42 Å². The molecule has 0 N–H and O–H groups in total. The van der Waals surface area contributed by atoms with Gasteiger partial charge in [0.1, 0.15) is 0 Å². The number of rotatable bonds is 6. The zero-order valence-corrected chi connectivity index (χ0v) is 13.4. The predicted molar refractivity (Wildman–Crippen MR) is 84.4 cm³/mol. The van der Waals surface area contributed by atoms with Crippen molar-refractivity contribution in [2.45, 2.75) is 24.7 Å². The van der Waals surface area contributed by atoms with E-state index in [-0.39, 0.29) is 5.75 Å². The summed E-state index contributed by atoms with van der Waals surface area (Å²) < 4.78 is 34.7. The van der Waals surface area contributed by atoms with Crippen molar-refractivity contribution in [3.8, 4) is 23.0 Å². The second-order valence-electron chi connectivity index (χ2n) is 5.10. The number of hydrogen-bond donors (Lipinski definition) is 0. The zero-order chi connectivity index (χ0) is 16.3. The molecule has 3 rings (SSSR count).